The zero-order valence-electron chi connectivity index (χ0n) is 18.6. The van der Waals surface area contributed by atoms with Crippen molar-refractivity contribution >= 4 is 45.9 Å². The Bertz CT molecular complexity index is 1420. The molecule has 0 atom stereocenters. The van der Waals surface area contributed by atoms with E-state index in [0.717, 1.165) is 0 Å². The molecule has 2 amide bonds. The molecule has 4 aromatic rings. The molecule has 0 aliphatic rings. The van der Waals surface area contributed by atoms with Crippen molar-refractivity contribution in [3.8, 4) is 5.75 Å². The third-order valence-corrected chi connectivity index (χ3v) is 6.09. The maximum absolute atomic E-state index is 12.5. The van der Waals surface area contributed by atoms with E-state index in [1.807, 2.05) is 12.1 Å². The van der Waals surface area contributed by atoms with E-state index in [9.17, 15) is 14.4 Å². The number of hydrogen-bond acceptors (Lipinski definition) is 6. The molecule has 0 bridgehead atoms. The highest BCUT2D eigenvalue weighted by atomic mass is 32.2. The van der Waals surface area contributed by atoms with Crippen LogP contribution in [0.2, 0.25) is 0 Å². The number of thioether (sulfide) groups is 1. The van der Waals surface area contributed by atoms with Gasteiger partial charge in [-0.15, -0.1) is 0 Å². The average Bonchev–Trinajstić information content (AvgIpc) is 2.86. The van der Waals surface area contributed by atoms with E-state index in [-0.39, 0.29) is 23.1 Å². The Labute approximate surface area is 200 Å². The van der Waals surface area contributed by atoms with Gasteiger partial charge in [-0.05, 0) is 48.5 Å². The molecule has 172 valence electrons. The topological polar surface area (TPSA) is 102 Å². The molecule has 0 aliphatic heterocycles. The number of fused-ring (bicyclic) bond motifs is 1. The second kappa shape index (κ2) is 10.2. The first-order valence-corrected chi connectivity index (χ1v) is 11.4. The summed E-state index contributed by atoms with van der Waals surface area (Å²) < 4.78 is 6.69. The van der Waals surface area contributed by atoms with Crippen molar-refractivity contribution in [1.29, 1.82) is 0 Å². The highest BCUT2D eigenvalue weighted by Crippen LogP contribution is 2.24. The van der Waals surface area contributed by atoms with Crippen LogP contribution in [0.4, 0.5) is 11.4 Å². The molecule has 0 unspecified atom stereocenters. The van der Waals surface area contributed by atoms with Crippen LogP contribution < -0.4 is 20.9 Å². The van der Waals surface area contributed by atoms with Crippen molar-refractivity contribution in [2.45, 2.75) is 5.16 Å². The molecule has 0 radical (unpaired) electrons. The molecule has 34 heavy (non-hydrogen) atoms. The molecule has 2 N–H and O–H groups in total. The van der Waals surface area contributed by atoms with E-state index in [4.69, 9.17) is 4.74 Å². The van der Waals surface area contributed by atoms with Crippen molar-refractivity contribution in [2.75, 3.05) is 23.5 Å². The van der Waals surface area contributed by atoms with E-state index in [0.29, 0.717) is 38.7 Å². The lowest BCUT2D eigenvalue weighted by atomic mass is 10.2. The number of methoxy groups -OCH3 is 1. The molecule has 1 aromatic heterocycles. The van der Waals surface area contributed by atoms with Crippen LogP contribution in [0.15, 0.2) is 82.7 Å². The summed E-state index contributed by atoms with van der Waals surface area (Å²) in [6.07, 6.45) is 0. The van der Waals surface area contributed by atoms with Crippen LogP contribution in [-0.4, -0.2) is 34.2 Å². The highest BCUT2D eigenvalue weighted by molar-refractivity contribution is 7.99. The summed E-state index contributed by atoms with van der Waals surface area (Å²) in [5, 5.41) is 6.60. The number of carbonyl (C=O) groups is 2. The van der Waals surface area contributed by atoms with Crippen molar-refractivity contribution in [3.63, 3.8) is 0 Å². The summed E-state index contributed by atoms with van der Waals surface area (Å²) in [6, 6.07) is 20.8. The Balaban J connectivity index is 1.37. The Kier molecular flexibility index (Phi) is 6.93. The van der Waals surface area contributed by atoms with Crippen LogP contribution in [0.3, 0.4) is 0 Å². The van der Waals surface area contributed by atoms with E-state index in [1.54, 1.807) is 67.7 Å². The second-order valence-corrected chi connectivity index (χ2v) is 8.29. The van der Waals surface area contributed by atoms with Crippen molar-refractivity contribution in [3.05, 3.63) is 88.7 Å². The van der Waals surface area contributed by atoms with Crippen LogP contribution >= 0.6 is 11.8 Å². The fourth-order valence-electron chi connectivity index (χ4n) is 3.30. The summed E-state index contributed by atoms with van der Waals surface area (Å²) >= 11 is 1.18. The van der Waals surface area contributed by atoms with Gasteiger partial charge in [-0.2, -0.15) is 0 Å². The lowest BCUT2D eigenvalue weighted by Gasteiger charge is -2.11. The number of nitrogens with one attached hydrogen (secondary N) is 2. The minimum Gasteiger partial charge on any atom is -0.495 e. The lowest BCUT2D eigenvalue weighted by molar-refractivity contribution is -0.113. The van der Waals surface area contributed by atoms with Crippen molar-refractivity contribution in [2.24, 2.45) is 7.05 Å². The molecule has 3 aromatic carbocycles. The second-order valence-electron chi connectivity index (χ2n) is 7.34. The Morgan fingerprint density at radius 3 is 2.44 bits per heavy atom. The fourth-order valence-corrected chi connectivity index (χ4v) is 4.07. The average molecular weight is 475 g/mol. The van der Waals surface area contributed by atoms with Gasteiger partial charge in [0.05, 0.1) is 29.5 Å². The normalized spacial score (nSPS) is 10.6. The minimum absolute atomic E-state index is 0.0780. The first kappa shape index (κ1) is 23.1. The Morgan fingerprint density at radius 2 is 1.68 bits per heavy atom. The van der Waals surface area contributed by atoms with Gasteiger partial charge in [0.1, 0.15) is 5.75 Å². The number of carbonyl (C=O) groups excluding carboxylic acids is 2. The molecule has 0 saturated heterocycles. The van der Waals surface area contributed by atoms with Gasteiger partial charge in [-0.3, -0.25) is 19.0 Å². The number of nitrogens with zero attached hydrogens (tertiary/aromatic N) is 2. The largest absolute Gasteiger partial charge is 0.495 e. The van der Waals surface area contributed by atoms with Gasteiger partial charge in [0.15, 0.2) is 5.16 Å². The Hall–Kier alpha value is -4.11. The zero-order chi connectivity index (χ0) is 24.1. The molecule has 0 fully saturated rings. The van der Waals surface area contributed by atoms with Crippen LogP contribution in [0.25, 0.3) is 10.9 Å². The summed E-state index contributed by atoms with van der Waals surface area (Å²) in [7, 11) is 3.17. The molecule has 8 nitrogen and oxygen atoms in total. The number of aromatic nitrogens is 2. The summed E-state index contributed by atoms with van der Waals surface area (Å²) in [5.74, 6) is 0.102. The third-order valence-electron chi connectivity index (χ3n) is 5.06. The van der Waals surface area contributed by atoms with E-state index >= 15 is 0 Å². The van der Waals surface area contributed by atoms with Crippen LogP contribution in [0.5, 0.6) is 5.75 Å². The standard InChI is InChI=1S/C25H22N4O4S/c1-29-24(32)18-7-3-4-8-19(18)28-25(29)34-15-22(30)26-17-13-11-16(12-14-17)23(31)27-20-9-5-6-10-21(20)33-2/h3-14H,15H2,1-2H3,(H,26,30)(H,27,31). The smallest absolute Gasteiger partial charge is 0.261 e. The number of amides is 2. The number of anilines is 2. The van der Waals surface area contributed by atoms with Crippen molar-refractivity contribution < 1.29 is 14.3 Å². The lowest BCUT2D eigenvalue weighted by Crippen LogP contribution is -2.21. The maximum Gasteiger partial charge on any atom is 0.261 e. The highest BCUT2D eigenvalue weighted by Gasteiger charge is 2.12. The predicted molar refractivity (Wildman–Crippen MR) is 134 cm³/mol. The fraction of sp³-hybridized carbons (Fsp3) is 0.120. The number of rotatable bonds is 7. The molecule has 4 rings (SSSR count). The number of para-hydroxylation sites is 3. The monoisotopic (exact) mass is 474 g/mol. The molecule has 1 heterocycles. The minimum atomic E-state index is -0.291. The van der Waals surface area contributed by atoms with E-state index < -0.39 is 0 Å². The number of benzene rings is 3. The van der Waals surface area contributed by atoms with Gasteiger partial charge >= 0.3 is 0 Å². The first-order valence-electron chi connectivity index (χ1n) is 10.4. The van der Waals surface area contributed by atoms with Gasteiger partial charge < -0.3 is 15.4 Å². The molecule has 0 spiro atoms. The van der Waals surface area contributed by atoms with Crippen LogP contribution in [-0.2, 0) is 11.8 Å². The van der Waals surface area contributed by atoms with E-state index in [1.165, 1.54) is 23.4 Å². The van der Waals surface area contributed by atoms with Gasteiger partial charge in [0.2, 0.25) is 5.91 Å². The van der Waals surface area contributed by atoms with Crippen LogP contribution in [0.1, 0.15) is 10.4 Å². The molecular weight excluding hydrogens is 452 g/mol. The van der Waals surface area contributed by atoms with Crippen LogP contribution in [0, 0.1) is 0 Å². The predicted octanol–water partition coefficient (Wildman–Crippen LogP) is 3.93. The third kappa shape index (κ3) is 5.10. The quantitative estimate of drug-likeness (QED) is 0.311. The maximum atomic E-state index is 12.5. The summed E-state index contributed by atoms with van der Waals surface area (Å²) in [6.45, 7) is 0. The van der Waals surface area contributed by atoms with E-state index in [2.05, 4.69) is 15.6 Å². The van der Waals surface area contributed by atoms with Gasteiger partial charge in [0, 0.05) is 18.3 Å². The Morgan fingerprint density at radius 1 is 0.971 bits per heavy atom. The van der Waals surface area contributed by atoms with Gasteiger partial charge in [0.25, 0.3) is 11.5 Å². The molecule has 9 heteroatoms. The summed E-state index contributed by atoms with van der Waals surface area (Å²) in [5.41, 5.74) is 2.00. The molecule has 0 saturated carbocycles. The number of hydrogen-bond donors (Lipinski definition) is 2. The molecule has 0 aliphatic carbocycles. The SMILES string of the molecule is COc1ccccc1NC(=O)c1ccc(NC(=O)CSc2nc3ccccc3c(=O)n2C)cc1. The molecular formula is C25H22N4O4S. The zero-order valence-corrected chi connectivity index (χ0v) is 19.4. The van der Waals surface area contributed by atoms with Crippen molar-refractivity contribution in [1.82, 2.24) is 9.55 Å². The van der Waals surface area contributed by atoms with Gasteiger partial charge in [-0.25, -0.2) is 4.98 Å². The number of ether oxygens (including phenoxy) is 1. The first-order chi connectivity index (χ1) is 16.5. The van der Waals surface area contributed by atoms with Gasteiger partial charge in [-0.1, -0.05) is 36.0 Å². The summed E-state index contributed by atoms with van der Waals surface area (Å²) in [4.78, 5) is 41.9.